The number of rotatable bonds is 6. The summed E-state index contributed by atoms with van der Waals surface area (Å²) < 4.78 is 5.07. The fourth-order valence-corrected chi connectivity index (χ4v) is 2.25. The maximum absolute atomic E-state index is 5.07. The Morgan fingerprint density at radius 1 is 1.28 bits per heavy atom. The zero-order valence-corrected chi connectivity index (χ0v) is 11.5. The first-order valence-electron chi connectivity index (χ1n) is 5.99. The second-order valence-electron chi connectivity index (χ2n) is 3.95. The van der Waals surface area contributed by atoms with Gasteiger partial charge < -0.3 is 9.84 Å². The monoisotopic (exact) mass is 263 g/mol. The van der Waals surface area contributed by atoms with Crippen molar-refractivity contribution in [3.63, 3.8) is 0 Å². The minimum absolute atomic E-state index is 0.675. The molecule has 1 aromatic heterocycles. The third-order valence-electron chi connectivity index (χ3n) is 2.43. The lowest BCUT2D eigenvalue weighted by Gasteiger charge is -2.03. The largest absolute Gasteiger partial charge is 0.338 e. The van der Waals surface area contributed by atoms with Crippen molar-refractivity contribution in [3.8, 4) is 0 Å². The van der Waals surface area contributed by atoms with Gasteiger partial charge in [0.05, 0.1) is 5.75 Å². The summed E-state index contributed by atoms with van der Waals surface area (Å²) in [5.41, 5.74) is 1.30. The van der Waals surface area contributed by atoms with Crippen LogP contribution in [0.4, 0.5) is 0 Å². The summed E-state index contributed by atoms with van der Waals surface area (Å²) in [6.07, 6.45) is 0. The van der Waals surface area contributed by atoms with Gasteiger partial charge in [-0.3, -0.25) is 0 Å². The first-order valence-corrected chi connectivity index (χ1v) is 6.98. The summed E-state index contributed by atoms with van der Waals surface area (Å²) in [6.45, 7) is 5.85. The second-order valence-corrected chi connectivity index (χ2v) is 5.00. The molecule has 0 saturated heterocycles. The van der Waals surface area contributed by atoms with Gasteiger partial charge in [0.25, 0.3) is 0 Å². The van der Waals surface area contributed by atoms with Crippen molar-refractivity contribution in [1.29, 1.82) is 0 Å². The number of hydrogen-bond acceptors (Lipinski definition) is 5. The molecule has 0 unspecified atom stereocenters. The quantitative estimate of drug-likeness (QED) is 0.812. The Morgan fingerprint density at radius 2 is 2.06 bits per heavy atom. The normalized spacial score (nSPS) is 10.8. The van der Waals surface area contributed by atoms with Crippen molar-refractivity contribution in [2.24, 2.45) is 0 Å². The standard InChI is InChI=1S/C13H17N3OS/c1-3-14-8-11-4-6-12(7-5-11)18-9-13-15-10(2)16-17-13/h4-7,14H,3,8-9H2,1-2H3. The molecule has 1 heterocycles. The summed E-state index contributed by atoms with van der Waals surface area (Å²) in [5, 5.41) is 7.07. The molecule has 2 aromatic rings. The number of aryl methyl sites for hydroxylation is 1. The van der Waals surface area contributed by atoms with Crippen molar-refractivity contribution in [1.82, 2.24) is 15.5 Å². The van der Waals surface area contributed by atoms with E-state index >= 15 is 0 Å². The zero-order chi connectivity index (χ0) is 12.8. The van der Waals surface area contributed by atoms with E-state index in [1.807, 2.05) is 6.92 Å². The lowest BCUT2D eigenvalue weighted by atomic mass is 10.2. The van der Waals surface area contributed by atoms with E-state index in [4.69, 9.17) is 4.52 Å². The number of hydrogen-bond donors (Lipinski definition) is 1. The van der Waals surface area contributed by atoms with Crippen LogP contribution in [-0.2, 0) is 12.3 Å². The second kappa shape index (κ2) is 6.56. The fourth-order valence-electron chi connectivity index (χ4n) is 1.52. The maximum Gasteiger partial charge on any atom is 0.236 e. The molecule has 4 nitrogen and oxygen atoms in total. The van der Waals surface area contributed by atoms with E-state index in [0.717, 1.165) is 13.1 Å². The van der Waals surface area contributed by atoms with E-state index in [9.17, 15) is 0 Å². The molecule has 0 amide bonds. The SMILES string of the molecule is CCNCc1ccc(SCc2nc(C)no2)cc1. The molecule has 0 saturated carbocycles. The molecule has 0 radical (unpaired) electrons. The van der Waals surface area contributed by atoms with E-state index in [1.165, 1.54) is 10.5 Å². The van der Waals surface area contributed by atoms with Gasteiger partial charge >= 0.3 is 0 Å². The van der Waals surface area contributed by atoms with Gasteiger partial charge in [-0.05, 0) is 31.2 Å². The Bertz CT molecular complexity index is 481. The molecule has 18 heavy (non-hydrogen) atoms. The van der Waals surface area contributed by atoms with E-state index in [-0.39, 0.29) is 0 Å². The van der Waals surface area contributed by atoms with Crippen LogP contribution in [0.5, 0.6) is 0 Å². The topological polar surface area (TPSA) is 51.0 Å². The molecule has 96 valence electrons. The first-order chi connectivity index (χ1) is 8.78. The van der Waals surface area contributed by atoms with Gasteiger partial charge in [0, 0.05) is 11.4 Å². The van der Waals surface area contributed by atoms with Gasteiger partial charge in [-0.25, -0.2) is 0 Å². The van der Waals surface area contributed by atoms with E-state index in [1.54, 1.807) is 11.8 Å². The molecule has 1 aromatic carbocycles. The van der Waals surface area contributed by atoms with E-state index in [0.29, 0.717) is 17.5 Å². The number of thioether (sulfide) groups is 1. The minimum atomic E-state index is 0.675. The molecule has 0 aliphatic carbocycles. The average Bonchev–Trinajstić information content (AvgIpc) is 2.81. The maximum atomic E-state index is 5.07. The summed E-state index contributed by atoms with van der Waals surface area (Å²) >= 11 is 1.70. The van der Waals surface area contributed by atoms with Crippen LogP contribution in [-0.4, -0.2) is 16.7 Å². The molecular weight excluding hydrogens is 246 g/mol. The molecule has 1 N–H and O–H groups in total. The van der Waals surface area contributed by atoms with Gasteiger partial charge in [0.15, 0.2) is 5.82 Å². The molecule has 0 fully saturated rings. The van der Waals surface area contributed by atoms with Crippen LogP contribution in [0.1, 0.15) is 24.2 Å². The molecular formula is C13H17N3OS. The Hall–Kier alpha value is -1.33. The van der Waals surface area contributed by atoms with Crippen LogP contribution < -0.4 is 5.32 Å². The third kappa shape index (κ3) is 3.85. The summed E-state index contributed by atoms with van der Waals surface area (Å²) in [7, 11) is 0. The molecule has 0 spiro atoms. The summed E-state index contributed by atoms with van der Waals surface area (Å²) in [6, 6.07) is 8.54. The fraction of sp³-hybridized carbons (Fsp3) is 0.385. The lowest BCUT2D eigenvalue weighted by Crippen LogP contribution is -2.11. The van der Waals surface area contributed by atoms with Gasteiger partial charge in [-0.2, -0.15) is 4.98 Å². The third-order valence-corrected chi connectivity index (χ3v) is 3.43. The van der Waals surface area contributed by atoms with Crippen LogP contribution in [0, 0.1) is 6.92 Å². The predicted molar refractivity (Wildman–Crippen MR) is 72.4 cm³/mol. The van der Waals surface area contributed by atoms with Crippen LogP contribution in [0.15, 0.2) is 33.7 Å². The van der Waals surface area contributed by atoms with Crippen molar-refractivity contribution < 1.29 is 4.52 Å². The number of nitrogens with one attached hydrogen (secondary N) is 1. The van der Waals surface area contributed by atoms with Crippen LogP contribution in [0.3, 0.4) is 0 Å². The van der Waals surface area contributed by atoms with E-state index in [2.05, 4.69) is 46.6 Å². The predicted octanol–water partition coefficient (Wildman–Crippen LogP) is 2.78. The highest BCUT2D eigenvalue weighted by Gasteiger charge is 2.03. The van der Waals surface area contributed by atoms with Gasteiger partial charge in [-0.1, -0.05) is 24.2 Å². The number of aromatic nitrogens is 2. The molecule has 0 atom stereocenters. The zero-order valence-electron chi connectivity index (χ0n) is 10.6. The minimum Gasteiger partial charge on any atom is -0.338 e. The van der Waals surface area contributed by atoms with Crippen molar-refractivity contribution in [2.45, 2.75) is 31.0 Å². The molecule has 0 aliphatic rings. The lowest BCUT2D eigenvalue weighted by molar-refractivity contribution is 0.387. The van der Waals surface area contributed by atoms with Crippen molar-refractivity contribution in [3.05, 3.63) is 41.5 Å². The molecule has 2 rings (SSSR count). The molecule has 0 bridgehead atoms. The highest BCUT2D eigenvalue weighted by Crippen LogP contribution is 2.22. The number of benzene rings is 1. The Kier molecular flexibility index (Phi) is 4.78. The van der Waals surface area contributed by atoms with E-state index < -0.39 is 0 Å². The first kappa shape index (κ1) is 13.1. The van der Waals surface area contributed by atoms with Gasteiger partial charge in [0.2, 0.25) is 5.89 Å². The summed E-state index contributed by atoms with van der Waals surface area (Å²) in [5.74, 6) is 2.08. The highest BCUT2D eigenvalue weighted by molar-refractivity contribution is 7.98. The highest BCUT2D eigenvalue weighted by atomic mass is 32.2. The Labute approximate surface area is 111 Å². The van der Waals surface area contributed by atoms with Crippen LogP contribution in [0.25, 0.3) is 0 Å². The Balaban J connectivity index is 1.86. The average molecular weight is 263 g/mol. The smallest absolute Gasteiger partial charge is 0.236 e. The van der Waals surface area contributed by atoms with Gasteiger partial charge in [0.1, 0.15) is 0 Å². The summed E-state index contributed by atoms with van der Waals surface area (Å²) in [4.78, 5) is 5.39. The van der Waals surface area contributed by atoms with Crippen molar-refractivity contribution in [2.75, 3.05) is 6.54 Å². The molecule has 5 heteroatoms. The molecule has 0 aliphatic heterocycles. The number of nitrogens with zero attached hydrogens (tertiary/aromatic N) is 2. The van der Waals surface area contributed by atoms with Crippen LogP contribution >= 0.6 is 11.8 Å². The van der Waals surface area contributed by atoms with Crippen molar-refractivity contribution >= 4 is 11.8 Å². The van der Waals surface area contributed by atoms with Gasteiger partial charge in [-0.15, -0.1) is 11.8 Å². The Morgan fingerprint density at radius 3 is 2.67 bits per heavy atom. The van der Waals surface area contributed by atoms with Crippen LogP contribution in [0.2, 0.25) is 0 Å².